The topological polar surface area (TPSA) is 20.3 Å². The average molecular weight is 356 g/mol. The van der Waals surface area contributed by atoms with Crippen LogP contribution in [0.15, 0.2) is 0 Å². The van der Waals surface area contributed by atoms with Gasteiger partial charge in [-0.1, -0.05) is 22.4 Å². The van der Waals surface area contributed by atoms with Crippen LogP contribution < -0.4 is 0 Å². The summed E-state index contributed by atoms with van der Waals surface area (Å²) < 4.78 is 38.5. The van der Waals surface area contributed by atoms with E-state index in [1.54, 1.807) is 0 Å². The lowest BCUT2D eigenvalue weighted by Gasteiger charge is -2.39. The highest BCUT2D eigenvalue weighted by molar-refractivity contribution is 9.09. The first-order valence-electron chi connectivity index (χ1n) is 7.36. The highest BCUT2D eigenvalue weighted by atomic mass is 79.9. The molecule has 1 saturated heterocycles. The van der Waals surface area contributed by atoms with Crippen molar-refractivity contribution in [1.29, 1.82) is 0 Å². The maximum Gasteiger partial charge on any atom is 0.391 e. The normalized spacial score (nSPS) is 32.2. The summed E-state index contributed by atoms with van der Waals surface area (Å²) in [6, 6.07) is 0.155. The van der Waals surface area contributed by atoms with Crippen molar-refractivity contribution < 1.29 is 18.0 Å². The first kappa shape index (κ1) is 16.1. The molecule has 2 nitrogen and oxygen atoms in total. The SMILES string of the molecule is O=C(C1CCCC(C(F)(F)F)C1)N1CCCCC1CBr. The van der Waals surface area contributed by atoms with Gasteiger partial charge >= 0.3 is 6.18 Å². The van der Waals surface area contributed by atoms with Crippen molar-refractivity contribution in [2.75, 3.05) is 11.9 Å². The number of alkyl halides is 4. The van der Waals surface area contributed by atoms with Crippen LogP contribution in [0, 0.1) is 11.8 Å². The predicted octanol–water partition coefficient (Wildman–Crippen LogP) is 4.13. The number of hydrogen-bond acceptors (Lipinski definition) is 1. The minimum atomic E-state index is -4.16. The van der Waals surface area contributed by atoms with Gasteiger partial charge in [0, 0.05) is 23.8 Å². The van der Waals surface area contributed by atoms with E-state index < -0.39 is 18.0 Å². The zero-order valence-electron chi connectivity index (χ0n) is 11.5. The first-order chi connectivity index (χ1) is 9.43. The molecule has 1 amide bonds. The zero-order chi connectivity index (χ0) is 14.8. The minimum absolute atomic E-state index is 0.0200. The van der Waals surface area contributed by atoms with Crippen LogP contribution in [0.5, 0.6) is 0 Å². The van der Waals surface area contributed by atoms with E-state index in [-0.39, 0.29) is 24.8 Å². The van der Waals surface area contributed by atoms with E-state index in [2.05, 4.69) is 15.9 Å². The Morgan fingerprint density at radius 1 is 1.15 bits per heavy atom. The molecule has 2 fully saturated rings. The second-order valence-electron chi connectivity index (χ2n) is 5.94. The van der Waals surface area contributed by atoms with Crippen LogP contribution in [0.4, 0.5) is 13.2 Å². The van der Waals surface area contributed by atoms with E-state index in [4.69, 9.17) is 0 Å². The van der Waals surface area contributed by atoms with Crippen LogP contribution in [-0.4, -0.2) is 34.9 Å². The van der Waals surface area contributed by atoms with Crippen molar-refractivity contribution in [2.45, 2.75) is 57.2 Å². The van der Waals surface area contributed by atoms with Gasteiger partial charge in [-0.3, -0.25) is 4.79 Å². The van der Waals surface area contributed by atoms with Crippen molar-refractivity contribution >= 4 is 21.8 Å². The lowest BCUT2D eigenvalue weighted by Crippen LogP contribution is -2.48. The van der Waals surface area contributed by atoms with Gasteiger partial charge < -0.3 is 4.90 Å². The Balaban J connectivity index is 2.00. The number of rotatable bonds is 2. The van der Waals surface area contributed by atoms with E-state index in [0.29, 0.717) is 24.7 Å². The molecule has 2 rings (SSSR count). The molecule has 0 radical (unpaired) electrons. The molecule has 0 spiro atoms. The fourth-order valence-electron chi connectivity index (χ4n) is 3.40. The maximum absolute atomic E-state index is 12.8. The standard InChI is InChI=1S/C14H21BrF3NO/c15-9-12-6-1-2-7-19(12)13(20)10-4-3-5-11(8-10)14(16,17)18/h10-12H,1-9H2. The summed E-state index contributed by atoms with van der Waals surface area (Å²) in [5.41, 5.74) is 0. The highest BCUT2D eigenvalue weighted by Crippen LogP contribution is 2.40. The van der Waals surface area contributed by atoms with Crippen LogP contribution in [0.3, 0.4) is 0 Å². The fraction of sp³-hybridized carbons (Fsp3) is 0.929. The summed E-state index contributed by atoms with van der Waals surface area (Å²) in [4.78, 5) is 14.4. The quantitative estimate of drug-likeness (QED) is 0.682. The lowest BCUT2D eigenvalue weighted by atomic mass is 9.80. The molecule has 3 atom stereocenters. The van der Waals surface area contributed by atoms with Crippen molar-refractivity contribution in [3.8, 4) is 0 Å². The Bertz CT molecular complexity index is 348. The van der Waals surface area contributed by atoms with E-state index in [1.807, 2.05) is 4.90 Å². The second-order valence-corrected chi connectivity index (χ2v) is 6.59. The molecule has 1 saturated carbocycles. The van der Waals surface area contributed by atoms with Gasteiger partial charge in [-0.25, -0.2) is 0 Å². The Morgan fingerprint density at radius 2 is 1.90 bits per heavy atom. The van der Waals surface area contributed by atoms with Gasteiger partial charge in [-0.2, -0.15) is 13.2 Å². The van der Waals surface area contributed by atoms with Gasteiger partial charge in [-0.15, -0.1) is 0 Å². The molecule has 20 heavy (non-hydrogen) atoms. The smallest absolute Gasteiger partial charge is 0.339 e. The third-order valence-corrected chi connectivity index (χ3v) is 5.32. The molecule has 0 aromatic rings. The van der Waals surface area contributed by atoms with E-state index in [1.165, 1.54) is 0 Å². The van der Waals surface area contributed by atoms with E-state index >= 15 is 0 Å². The lowest BCUT2D eigenvalue weighted by molar-refractivity contribution is -0.187. The molecule has 6 heteroatoms. The Hall–Kier alpha value is -0.260. The monoisotopic (exact) mass is 355 g/mol. The molecular weight excluding hydrogens is 335 g/mol. The van der Waals surface area contributed by atoms with E-state index in [9.17, 15) is 18.0 Å². The first-order valence-corrected chi connectivity index (χ1v) is 8.48. The maximum atomic E-state index is 12.8. The van der Waals surface area contributed by atoms with Crippen molar-refractivity contribution in [3.63, 3.8) is 0 Å². The van der Waals surface area contributed by atoms with Crippen LogP contribution in [0.25, 0.3) is 0 Å². The van der Waals surface area contributed by atoms with Crippen molar-refractivity contribution in [1.82, 2.24) is 4.90 Å². The van der Waals surface area contributed by atoms with Gasteiger partial charge in [0.15, 0.2) is 0 Å². The van der Waals surface area contributed by atoms with Crippen molar-refractivity contribution in [2.24, 2.45) is 11.8 Å². The average Bonchev–Trinajstić information content (AvgIpc) is 2.45. The number of carbonyl (C=O) groups is 1. The number of likely N-dealkylation sites (tertiary alicyclic amines) is 1. The summed E-state index contributed by atoms with van der Waals surface area (Å²) >= 11 is 3.41. The summed E-state index contributed by atoms with van der Waals surface area (Å²) in [7, 11) is 0. The largest absolute Gasteiger partial charge is 0.391 e. The summed E-state index contributed by atoms with van der Waals surface area (Å²) in [5.74, 6) is -1.78. The van der Waals surface area contributed by atoms with Gasteiger partial charge in [-0.05, 0) is 38.5 Å². The number of piperidine rings is 1. The summed E-state index contributed by atoms with van der Waals surface area (Å²) in [6.07, 6.45) is 0.121. The molecule has 0 bridgehead atoms. The molecule has 2 aliphatic rings. The summed E-state index contributed by atoms with van der Waals surface area (Å²) in [6.45, 7) is 0.697. The van der Waals surface area contributed by atoms with Crippen LogP contribution in [0.2, 0.25) is 0 Å². The number of nitrogens with zero attached hydrogens (tertiary/aromatic N) is 1. The Morgan fingerprint density at radius 3 is 2.55 bits per heavy atom. The molecule has 116 valence electrons. The Kier molecular flexibility index (Phi) is 5.37. The second kappa shape index (κ2) is 6.67. The fourth-order valence-corrected chi connectivity index (χ4v) is 4.07. The number of halogens is 4. The van der Waals surface area contributed by atoms with E-state index in [0.717, 1.165) is 19.3 Å². The molecule has 0 aromatic carbocycles. The zero-order valence-corrected chi connectivity index (χ0v) is 13.0. The molecule has 1 aliphatic carbocycles. The third-order valence-electron chi connectivity index (χ3n) is 4.57. The van der Waals surface area contributed by atoms with Crippen LogP contribution in [0.1, 0.15) is 44.9 Å². The molecule has 1 heterocycles. The number of carbonyl (C=O) groups excluding carboxylic acids is 1. The Labute approximate surface area is 126 Å². The molecular formula is C14H21BrF3NO. The minimum Gasteiger partial charge on any atom is -0.339 e. The van der Waals surface area contributed by atoms with Crippen molar-refractivity contribution in [3.05, 3.63) is 0 Å². The highest BCUT2D eigenvalue weighted by Gasteiger charge is 2.44. The van der Waals surface area contributed by atoms with Gasteiger partial charge in [0.2, 0.25) is 5.91 Å². The number of amides is 1. The predicted molar refractivity (Wildman–Crippen MR) is 74.6 cm³/mol. The molecule has 3 unspecified atom stereocenters. The molecule has 0 N–H and O–H groups in total. The molecule has 0 aromatic heterocycles. The van der Waals surface area contributed by atoms with Gasteiger partial charge in [0.1, 0.15) is 0 Å². The van der Waals surface area contributed by atoms with Crippen LogP contribution in [-0.2, 0) is 4.79 Å². The summed E-state index contributed by atoms with van der Waals surface area (Å²) in [5, 5.41) is 0.716. The third kappa shape index (κ3) is 3.68. The molecule has 1 aliphatic heterocycles. The van der Waals surface area contributed by atoms with Gasteiger partial charge in [0.25, 0.3) is 0 Å². The number of hydrogen-bond donors (Lipinski definition) is 0. The van der Waals surface area contributed by atoms with Crippen LogP contribution >= 0.6 is 15.9 Å². The van der Waals surface area contributed by atoms with Gasteiger partial charge in [0.05, 0.1) is 5.92 Å².